The summed E-state index contributed by atoms with van der Waals surface area (Å²) in [5, 5.41) is 12.5. The second-order valence-corrected chi connectivity index (χ2v) is 6.40. The van der Waals surface area contributed by atoms with Crippen LogP contribution in [0.25, 0.3) is 0 Å². The molecule has 0 aromatic rings. The van der Waals surface area contributed by atoms with Crippen molar-refractivity contribution >= 4 is 11.9 Å². The van der Waals surface area contributed by atoms with Gasteiger partial charge in [0.2, 0.25) is 0 Å². The Balaban J connectivity index is 2.70. The molecule has 0 spiro atoms. The molecule has 0 bridgehead atoms. The van der Waals surface area contributed by atoms with E-state index in [9.17, 15) is 9.90 Å². The normalized spacial score (nSPS) is 19.9. The van der Waals surface area contributed by atoms with Crippen LogP contribution in [0.15, 0.2) is 4.99 Å². The maximum absolute atomic E-state index is 12.0. The van der Waals surface area contributed by atoms with E-state index in [1.165, 1.54) is 0 Å². The van der Waals surface area contributed by atoms with Gasteiger partial charge in [-0.2, -0.15) is 0 Å². The minimum Gasteiger partial charge on any atom is -0.466 e. The number of likely N-dealkylation sites (tertiary alicyclic amines) is 1. The third-order valence-corrected chi connectivity index (χ3v) is 4.41. The average molecular weight is 341 g/mol. The van der Waals surface area contributed by atoms with Gasteiger partial charge in [0.1, 0.15) is 0 Å². The smallest absolute Gasteiger partial charge is 0.310 e. The van der Waals surface area contributed by atoms with Gasteiger partial charge in [-0.3, -0.25) is 9.79 Å². The van der Waals surface area contributed by atoms with E-state index in [1.807, 2.05) is 6.92 Å². The molecule has 1 aliphatic rings. The number of ether oxygens (including phenoxy) is 1. The zero-order chi connectivity index (χ0) is 17.8. The molecule has 1 heterocycles. The van der Waals surface area contributed by atoms with E-state index < -0.39 is 0 Å². The number of esters is 1. The average Bonchev–Trinajstić information content (AvgIpc) is 2.59. The van der Waals surface area contributed by atoms with Crippen molar-refractivity contribution in [3.8, 4) is 0 Å². The van der Waals surface area contributed by atoms with Crippen molar-refractivity contribution in [1.82, 2.24) is 10.2 Å². The summed E-state index contributed by atoms with van der Waals surface area (Å²) in [6, 6.07) is 0. The standard InChI is InChI=1S/C18H35N3O3/c1-4-8-15(10-12-22)13-20-18(19-5-2)21-11-7-9-16(14-21)17(23)24-6-3/h15-16,22H,4-14H2,1-3H3,(H,19,20). The fourth-order valence-electron chi connectivity index (χ4n) is 3.18. The number of nitrogens with zero attached hydrogens (tertiary/aromatic N) is 2. The molecule has 0 amide bonds. The first-order valence-electron chi connectivity index (χ1n) is 9.46. The molecular weight excluding hydrogens is 306 g/mol. The van der Waals surface area contributed by atoms with E-state index in [2.05, 4.69) is 24.1 Å². The largest absolute Gasteiger partial charge is 0.466 e. The summed E-state index contributed by atoms with van der Waals surface area (Å²) in [7, 11) is 0. The predicted octanol–water partition coefficient (Wildman–Crippen LogP) is 2.03. The van der Waals surface area contributed by atoms with Crippen LogP contribution in [0.1, 0.15) is 52.9 Å². The molecular formula is C18H35N3O3. The van der Waals surface area contributed by atoms with Gasteiger partial charge in [-0.15, -0.1) is 0 Å². The van der Waals surface area contributed by atoms with Crippen molar-refractivity contribution in [1.29, 1.82) is 0 Å². The number of aliphatic hydroxyl groups is 1. The summed E-state index contributed by atoms with van der Waals surface area (Å²) in [6.07, 6.45) is 4.84. The number of hydrogen-bond acceptors (Lipinski definition) is 4. The Hall–Kier alpha value is -1.30. The molecule has 1 fully saturated rings. The van der Waals surface area contributed by atoms with E-state index in [1.54, 1.807) is 0 Å². The lowest BCUT2D eigenvalue weighted by Crippen LogP contribution is -2.48. The Kier molecular flexibility index (Phi) is 10.5. The Morgan fingerprint density at radius 3 is 2.79 bits per heavy atom. The van der Waals surface area contributed by atoms with Crippen LogP contribution in [-0.2, 0) is 9.53 Å². The highest BCUT2D eigenvalue weighted by atomic mass is 16.5. The molecule has 1 aliphatic heterocycles. The first-order valence-corrected chi connectivity index (χ1v) is 9.46. The van der Waals surface area contributed by atoms with Crippen molar-refractivity contribution < 1.29 is 14.6 Å². The van der Waals surface area contributed by atoms with Gasteiger partial charge in [0, 0.05) is 32.8 Å². The first kappa shape index (κ1) is 20.7. The van der Waals surface area contributed by atoms with Crippen LogP contribution >= 0.6 is 0 Å². The maximum atomic E-state index is 12.0. The molecule has 24 heavy (non-hydrogen) atoms. The molecule has 0 radical (unpaired) electrons. The molecule has 140 valence electrons. The van der Waals surface area contributed by atoms with Crippen LogP contribution in [0.2, 0.25) is 0 Å². The predicted molar refractivity (Wildman–Crippen MR) is 97.0 cm³/mol. The highest BCUT2D eigenvalue weighted by Gasteiger charge is 2.28. The van der Waals surface area contributed by atoms with Crippen molar-refractivity contribution in [2.45, 2.75) is 52.9 Å². The molecule has 0 aromatic carbocycles. The molecule has 6 heteroatoms. The third-order valence-electron chi connectivity index (χ3n) is 4.41. The molecule has 1 rings (SSSR count). The highest BCUT2D eigenvalue weighted by molar-refractivity contribution is 5.81. The van der Waals surface area contributed by atoms with Crippen LogP contribution in [-0.4, -0.2) is 61.3 Å². The van der Waals surface area contributed by atoms with Crippen molar-refractivity contribution in [2.24, 2.45) is 16.8 Å². The number of guanidine groups is 1. The molecule has 1 saturated heterocycles. The Bertz CT molecular complexity index is 382. The molecule has 0 aromatic heterocycles. The lowest BCUT2D eigenvalue weighted by atomic mass is 9.98. The zero-order valence-corrected chi connectivity index (χ0v) is 15.6. The van der Waals surface area contributed by atoms with E-state index in [4.69, 9.17) is 9.73 Å². The minimum absolute atomic E-state index is 0.0635. The summed E-state index contributed by atoms with van der Waals surface area (Å²) in [5.41, 5.74) is 0. The zero-order valence-electron chi connectivity index (χ0n) is 15.6. The van der Waals surface area contributed by atoms with Gasteiger partial charge < -0.3 is 20.1 Å². The molecule has 0 saturated carbocycles. The summed E-state index contributed by atoms with van der Waals surface area (Å²) >= 11 is 0. The van der Waals surface area contributed by atoms with Crippen molar-refractivity contribution in [3.63, 3.8) is 0 Å². The monoisotopic (exact) mass is 341 g/mol. The van der Waals surface area contributed by atoms with Gasteiger partial charge >= 0.3 is 5.97 Å². The summed E-state index contributed by atoms with van der Waals surface area (Å²) in [6.45, 7) is 9.82. The van der Waals surface area contributed by atoms with Crippen molar-refractivity contribution in [3.05, 3.63) is 0 Å². The van der Waals surface area contributed by atoms with Crippen molar-refractivity contribution in [2.75, 3.05) is 39.4 Å². The highest BCUT2D eigenvalue weighted by Crippen LogP contribution is 2.18. The first-order chi connectivity index (χ1) is 11.7. The van der Waals surface area contributed by atoms with Gasteiger partial charge in [-0.25, -0.2) is 0 Å². The van der Waals surface area contributed by atoms with E-state index in [-0.39, 0.29) is 18.5 Å². The lowest BCUT2D eigenvalue weighted by molar-refractivity contribution is -0.149. The Morgan fingerprint density at radius 1 is 1.38 bits per heavy atom. The van der Waals surface area contributed by atoms with Gasteiger partial charge in [0.25, 0.3) is 0 Å². The molecule has 2 unspecified atom stereocenters. The fourth-order valence-corrected chi connectivity index (χ4v) is 3.18. The van der Waals surface area contributed by atoms with Gasteiger partial charge in [-0.1, -0.05) is 13.3 Å². The number of nitrogens with one attached hydrogen (secondary N) is 1. The topological polar surface area (TPSA) is 74.2 Å². The number of aliphatic imine (C=N–C) groups is 1. The number of carbonyl (C=O) groups is 1. The van der Waals surface area contributed by atoms with E-state index in [0.29, 0.717) is 19.1 Å². The van der Waals surface area contributed by atoms with E-state index in [0.717, 1.165) is 57.7 Å². The number of aliphatic hydroxyl groups excluding tert-OH is 1. The minimum atomic E-state index is -0.0952. The number of hydrogen-bond donors (Lipinski definition) is 2. The van der Waals surface area contributed by atoms with E-state index >= 15 is 0 Å². The van der Waals surface area contributed by atoms with Crippen LogP contribution in [0.3, 0.4) is 0 Å². The maximum Gasteiger partial charge on any atom is 0.310 e. The quantitative estimate of drug-likeness (QED) is 0.381. The molecule has 6 nitrogen and oxygen atoms in total. The molecule has 2 atom stereocenters. The number of carbonyl (C=O) groups excluding carboxylic acids is 1. The van der Waals surface area contributed by atoms with Crippen LogP contribution < -0.4 is 5.32 Å². The summed E-state index contributed by atoms with van der Waals surface area (Å²) in [4.78, 5) is 19.0. The third kappa shape index (κ3) is 7.07. The Morgan fingerprint density at radius 2 is 2.17 bits per heavy atom. The van der Waals surface area contributed by atoms with Crippen LogP contribution in [0.4, 0.5) is 0 Å². The molecule has 0 aliphatic carbocycles. The second-order valence-electron chi connectivity index (χ2n) is 6.40. The fraction of sp³-hybridized carbons (Fsp3) is 0.889. The van der Waals surface area contributed by atoms with Gasteiger partial charge in [0.15, 0.2) is 5.96 Å². The lowest BCUT2D eigenvalue weighted by Gasteiger charge is -2.34. The van der Waals surface area contributed by atoms with Gasteiger partial charge in [-0.05, 0) is 45.4 Å². The Labute approximate surface area is 146 Å². The SMILES string of the molecule is CCCC(CCO)CN=C(NCC)N1CCCC(C(=O)OCC)C1. The van der Waals surface area contributed by atoms with Gasteiger partial charge in [0.05, 0.1) is 12.5 Å². The second kappa shape index (κ2) is 12.1. The number of piperidine rings is 1. The molecule has 2 N–H and O–H groups in total. The summed E-state index contributed by atoms with van der Waals surface area (Å²) < 4.78 is 5.18. The summed E-state index contributed by atoms with van der Waals surface area (Å²) in [5.74, 6) is 1.14. The number of rotatable bonds is 9. The van der Waals surface area contributed by atoms with Crippen LogP contribution in [0.5, 0.6) is 0 Å². The van der Waals surface area contributed by atoms with Crippen LogP contribution in [0, 0.1) is 11.8 Å².